The molecule has 3 heterocycles. The van der Waals surface area contributed by atoms with Gasteiger partial charge in [0.15, 0.2) is 35.5 Å². The number of hydrogen-bond acceptors (Lipinski definition) is 12. The summed E-state index contributed by atoms with van der Waals surface area (Å²) in [5, 5.41) is 5.62. The summed E-state index contributed by atoms with van der Waals surface area (Å²) in [5.41, 5.74) is 2.97. The molecule has 0 saturated heterocycles. The zero-order valence-electron chi connectivity index (χ0n) is 40.9. The SMILES string of the molecule is COCOc1cc2oc(=O)c3c(c(-c4ccc(O[Si](c5ccccc5)(c5ccccc5)C(C)(C)C)c(OC)c4)c4n3CCc3cc(OC(=O)[C@H](C)NC(=O)OC(C)(C)C)c(OC)cc3-4)c2cc1OC. The Labute approximate surface area is 402 Å². The number of nitrogens with zero attached hydrogens (tertiary/aromatic N) is 1. The van der Waals surface area contributed by atoms with Crippen LogP contribution in [0.25, 0.3) is 44.3 Å². The number of alkyl carbamates (subject to hydrolysis) is 1. The van der Waals surface area contributed by atoms with Crippen molar-refractivity contribution in [3.05, 3.63) is 119 Å². The van der Waals surface area contributed by atoms with Gasteiger partial charge in [-0.1, -0.05) is 87.5 Å². The minimum atomic E-state index is -3.11. The van der Waals surface area contributed by atoms with Crippen LogP contribution in [0.2, 0.25) is 5.04 Å². The smallest absolute Gasteiger partial charge is 0.408 e. The third kappa shape index (κ3) is 9.11. The van der Waals surface area contributed by atoms with E-state index < -0.39 is 37.6 Å². The molecule has 0 saturated carbocycles. The molecule has 1 atom stereocenters. The fourth-order valence-corrected chi connectivity index (χ4v) is 13.6. The Bertz CT molecular complexity index is 3070. The van der Waals surface area contributed by atoms with Crippen molar-refractivity contribution in [3.8, 4) is 56.9 Å². The molecule has 1 aliphatic heterocycles. The molecule has 2 aromatic heterocycles. The van der Waals surface area contributed by atoms with Crippen LogP contribution >= 0.6 is 0 Å². The molecule has 69 heavy (non-hydrogen) atoms. The van der Waals surface area contributed by atoms with Crippen LogP contribution in [0.15, 0.2) is 112 Å². The molecule has 0 spiro atoms. The van der Waals surface area contributed by atoms with Crippen molar-refractivity contribution in [1.29, 1.82) is 0 Å². The first-order valence-electron chi connectivity index (χ1n) is 22.7. The summed E-state index contributed by atoms with van der Waals surface area (Å²) >= 11 is 0. The van der Waals surface area contributed by atoms with Crippen molar-refractivity contribution in [3.63, 3.8) is 0 Å². The molecule has 8 rings (SSSR count). The average Bonchev–Trinajstić information content (AvgIpc) is 3.68. The standard InChI is InChI=1S/C54H58N2O12Si/c1-32(55-52(59)67-53(2,3)4)50(57)66-45-26-33-24-25-56-48(37(33)28-43(45)63-11)46(47-38-29-42(62-10)44(64-31-60-8)30-40(38)65-51(58)49(47)56)34-22-23-39(41(27-34)61-9)68-69(54(5,6)7,35-18-14-12-15-19-35)36-20-16-13-17-21-36/h12-23,26-30,32H,24-25,31H2,1-11H3,(H,55,59)/t32-/m0/s1. The molecule has 0 unspecified atom stereocenters. The van der Waals surface area contributed by atoms with E-state index in [4.69, 9.17) is 42.0 Å². The van der Waals surface area contributed by atoms with Crippen molar-refractivity contribution in [1.82, 2.24) is 9.88 Å². The molecule has 1 amide bonds. The second kappa shape index (κ2) is 19.0. The predicted molar refractivity (Wildman–Crippen MR) is 267 cm³/mol. The van der Waals surface area contributed by atoms with Crippen molar-refractivity contribution in [2.24, 2.45) is 0 Å². The Morgan fingerprint density at radius 3 is 1.97 bits per heavy atom. The number of methoxy groups -OCH3 is 4. The largest absolute Gasteiger partial charge is 0.531 e. The van der Waals surface area contributed by atoms with Crippen LogP contribution in [0.5, 0.6) is 34.5 Å². The molecule has 15 heteroatoms. The normalized spacial score (nSPS) is 13.0. The third-order valence-corrected chi connectivity index (χ3v) is 17.1. The van der Waals surface area contributed by atoms with E-state index >= 15 is 0 Å². The number of aryl methyl sites for hydroxylation is 2. The topological polar surface area (TPSA) is 155 Å². The van der Waals surface area contributed by atoms with Crippen LogP contribution in [-0.2, 0) is 27.2 Å². The minimum Gasteiger partial charge on any atom is -0.531 e. The van der Waals surface area contributed by atoms with Gasteiger partial charge in [0.25, 0.3) is 0 Å². The highest BCUT2D eigenvalue weighted by Gasteiger charge is 2.52. The van der Waals surface area contributed by atoms with Gasteiger partial charge in [0.05, 0.1) is 27.0 Å². The second-order valence-corrected chi connectivity index (χ2v) is 23.1. The number of benzene rings is 5. The number of carbonyl (C=O) groups is 2. The van der Waals surface area contributed by atoms with Crippen LogP contribution < -0.4 is 49.4 Å². The van der Waals surface area contributed by atoms with E-state index in [2.05, 4.69) is 50.4 Å². The fourth-order valence-electron chi connectivity index (χ4n) is 9.20. The maximum absolute atomic E-state index is 14.5. The minimum absolute atomic E-state index is 0.0582. The van der Waals surface area contributed by atoms with E-state index in [0.29, 0.717) is 63.5 Å². The maximum Gasteiger partial charge on any atom is 0.408 e. The van der Waals surface area contributed by atoms with E-state index in [-0.39, 0.29) is 28.9 Å². The highest BCUT2D eigenvalue weighted by Crippen LogP contribution is 2.51. The number of rotatable bonds is 14. The third-order valence-electron chi connectivity index (χ3n) is 12.2. The van der Waals surface area contributed by atoms with E-state index in [0.717, 1.165) is 27.1 Å². The van der Waals surface area contributed by atoms with Crippen LogP contribution in [0.4, 0.5) is 4.79 Å². The number of aromatic nitrogens is 1. The van der Waals surface area contributed by atoms with Gasteiger partial charge in [0.2, 0.25) is 0 Å². The van der Waals surface area contributed by atoms with Gasteiger partial charge >= 0.3 is 26.0 Å². The fraction of sp³-hybridized carbons (Fsp3) is 0.315. The van der Waals surface area contributed by atoms with Crippen molar-refractivity contribution < 1.29 is 51.6 Å². The molecule has 1 aliphatic rings. The molecular weight excluding hydrogens is 897 g/mol. The van der Waals surface area contributed by atoms with Crippen LogP contribution in [0.3, 0.4) is 0 Å². The van der Waals surface area contributed by atoms with Gasteiger partial charge in [0, 0.05) is 41.6 Å². The summed E-state index contributed by atoms with van der Waals surface area (Å²) in [6.45, 7) is 13.7. The van der Waals surface area contributed by atoms with E-state index in [1.165, 1.54) is 21.1 Å². The second-order valence-electron chi connectivity index (χ2n) is 18.9. The molecule has 1 N–H and O–H groups in total. The maximum atomic E-state index is 14.5. The Kier molecular flexibility index (Phi) is 13.3. The number of amides is 1. The number of carbonyl (C=O) groups excluding carboxylic acids is 2. The summed E-state index contributed by atoms with van der Waals surface area (Å²) in [5.74, 6) is 1.47. The molecule has 7 aromatic rings. The molecule has 0 fully saturated rings. The van der Waals surface area contributed by atoms with Gasteiger partial charge < -0.3 is 51.9 Å². The average molecular weight is 955 g/mol. The Morgan fingerprint density at radius 1 is 0.754 bits per heavy atom. The van der Waals surface area contributed by atoms with E-state index in [1.54, 1.807) is 59.3 Å². The first-order chi connectivity index (χ1) is 32.9. The Hall–Kier alpha value is -7.23. The molecule has 360 valence electrons. The summed E-state index contributed by atoms with van der Waals surface area (Å²) in [4.78, 5) is 40.4. The van der Waals surface area contributed by atoms with Crippen LogP contribution in [-0.4, -0.2) is 71.8 Å². The first kappa shape index (κ1) is 48.2. The number of ether oxygens (including phenoxy) is 7. The van der Waals surface area contributed by atoms with Crippen LogP contribution in [0.1, 0.15) is 54.0 Å². The van der Waals surface area contributed by atoms with Gasteiger partial charge in [-0.3, -0.25) is 0 Å². The Morgan fingerprint density at radius 2 is 1.38 bits per heavy atom. The zero-order valence-corrected chi connectivity index (χ0v) is 41.9. The number of hydrogen-bond donors (Lipinski definition) is 1. The van der Waals surface area contributed by atoms with E-state index in [9.17, 15) is 14.4 Å². The van der Waals surface area contributed by atoms with Crippen LogP contribution in [0, 0.1) is 0 Å². The highest BCUT2D eigenvalue weighted by atomic mass is 28.4. The summed E-state index contributed by atoms with van der Waals surface area (Å²) < 4.78 is 55.8. The molecular formula is C54H58N2O12Si. The molecule has 0 radical (unpaired) electrons. The van der Waals surface area contributed by atoms with Gasteiger partial charge in [-0.15, -0.1) is 0 Å². The van der Waals surface area contributed by atoms with Gasteiger partial charge in [0.1, 0.15) is 28.5 Å². The lowest BCUT2D eigenvalue weighted by molar-refractivity contribution is -0.136. The predicted octanol–water partition coefficient (Wildman–Crippen LogP) is 9.40. The lowest BCUT2D eigenvalue weighted by atomic mass is 9.91. The van der Waals surface area contributed by atoms with Crippen molar-refractivity contribution in [2.75, 3.05) is 35.2 Å². The van der Waals surface area contributed by atoms with Gasteiger partial charge in [-0.2, -0.15) is 0 Å². The Balaban J connectivity index is 1.34. The lowest BCUT2D eigenvalue weighted by Gasteiger charge is -2.43. The summed E-state index contributed by atoms with van der Waals surface area (Å²) in [6.07, 6.45) is -0.303. The number of fused-ring (bicyclic) bond motifs is 7. The van der Waals surface area contributed by atoms with Gasteiger partial charge in [-0.05, 0) is 91.0 Å². The lowest BCUT2D eigenvalue weighted by Crippen LogP contribution is -2.68. The zero-order chi connectivity index (χ0) is 49.4. The number of esters is 1. The first-order valence-corrected chi connectivity index (χ1v) is 24.6. The van der Waals surface area contributed by atoms with E-state index in [1.807, 2.05) is 59.2 Å². The number of nitrogens with one attached hydrogen (secondary N) is 1. The van der Waals surface area contributed by atoms with Gasteiger partial charge in [-0.25, -0.2) is 14.4 Å². The quantitative estimate of drug-likeness (QED) is 0.0363. The summed E-state index contributed by atoms with van der Waals surface area (Å²) in [7, 11) is 3.05. The highest BCUT2D eigenvalue weighted by molar-refractivity contribution is 7.00. The molecule has 0 bridgehead atoms. The summed E-state index contributed by atoms with van der Waals surface area (Å²) in [6, 6.07) is 32.6. The molecule has 0 aliphatic carbocycles. The van der Waals surface area contributed by atoms with Crippen molar-refractivity contribution >= 4 is 52.6 Å². The molecule has 14 nitrogen and oxygen atoms in total. The monoisotopic (exact) mass is 954 g/mol. The molecule has 5 aromatic carbocycles. The van der Waals surface area contributed by atoms with Crippen molar-refractivity contribution in [2.45, 2.75) is 78.1 Å².